The Kier molecular flexibility index (Phi) is 4.30. The third kappa shape index (κ3) is 2.75. The molecule has 0 bridgehead atoms. The molecule has 2 aliphatic rings. The van der Waals surface area contributed by atoms with Crippen molar-refractivity contribution < 1.29 is 0 Å². The maximum atomic E-state index is 3.51. The molecule has 0 aromatic heterocycles. The molecule has 94 valence electrons. The highest BCUT2D eigenvalue weighted by Crippen LogP contribution is 2.28. The quantitative estimate of drug-likeness (QED) is 0.870. The molecule has 0 saturated carbocycles. The van der Waals surface area contributed by atoms with Crippen molar-refractivity contribution in [1.29, 1.82) is 0 Å². The van der Waals surface area contributed by atoms with Gasteiger partial charge in [0, 0.05) is 18.8 Å². The van der Waals surface area contributed by atoms with Crippen LogP contribution in [0.4, 0.5) is 5.69 Å². The van der Waals surface area contributed by atoms with E-state index in [1.165, 1.54) is 56.7 Å². The van der Waals surface area contributed by atoms with Gasteiger partial charge in [0.1, 0.15) is 0 Å². The van der Waals surface area contributed by atoms with Gasteiger partial charge in [-0.1, -0.05) is 18.2 Å². The highest BCUT2D eigenvalue weighted by molar-refractivity contribution is 5.85. The Labute approximate surface area is 110 Å². The zero-order valence-corrected chi connectivity index (χ0v) is 11.0. The van der Waals surface area contributed by atoms with Crippen LogP contribution in [0.25, 0.3) is 0 Å². The molecule has 1 saturated heterocycles. The van der Waals surface area contributed by atoms with Gasteiger partial charge in [0.25, 0.3) is 0 Å². The highest BCUT2D eigenvalue weighted by atomic mass is 35.5. The van der Waals surface area contributed by atoms with E-state index in [-0.39, 0.29) is 12.4 Å². The maximum absolute atomic E-state index is 3.51. The molecule has 0 aliphatic carbocycles. The summed E-state index contributed by atoms with van der Waals surface area (Å²) in [6, 6.07) is 8.87. The molecule has 1 N–H and O–H groups in total. The van der Waals surface area contributed by atoms with E-state index in [4.69, 9.17) is 0 Å². The number of piperidine rings is 1. The van der Waals surface area contributed by atoms with Gasteiger partial charge in [0.15, 0.2) is 0 Å². The van der Waals surface area contributed by atoms with Crippen LogP contribution in [0.1, 0.15) is 18.4 Å². The minimum absolute atomic E-state index is 0. The summed E-state index contributed by atoms with van der Waals surface area (Å²) < 4.78 is 0. The van der Waals surface area contributed by atoms with E-state index < -0.39 is 0 Å². The lowest BCUT2D eigenvalue weighted by molar-refractivity contribution is 0.378. The minimum Gasteiger partial charge on any atom is -0.371 e. The van der Waals surface area contributed by atoms with E-state index >= 15 is 0 Å². The summed E-state index contributed by atoms with van der Waals surface area (Å²) in [5, 5.41) is 3.51. The van der Waals surface area contributed by atoms with Crippen LogP contribution in [0.2, 0.25) is 0 Å². The van der Waals surface area contributed by atoms with Gasteiger partial charge in [-0.25, -0.2) is 0 Å². The number of fused-ring (bicyclic) bond motifs is 1. The molecule has 0 spiro atoms. The molecule has 1 aromatic carbocycles. The number of halogens is 1. The summed E-state index contributed by atoms with van der Waals surface area (Å²) in [4.78, 5) is 2.58. The Balaban J connectivity index is 0.00000108. The summed E-state index contributed by atoms with van der Waals surface area (Å²) >= 11 is 0. The third-order valence-electron chi connectivity index (χ3n) is 3.86. The Bertz CT molecular complexity index is 361. The maximum Gasteiger partial charge on any atom is 0.0399 e. The molecule has 17 heavy (non-hydrogen) atoms. The normalized spacial score (nSPS) is 23.1. The topological polar surface area (TPSA) is 15.3 Å². The third-order valence-corrected chi connectivity index (χ3v) is 3.86. The lowest BCUT2D eigenvalue weighted by Gasteiger charge is -2.29. The fraction of sp³-hybridized carbons (Fsp3) is 0.571. The number of benzene rings is 1. The van der Waals surface area contributed by atoms with Crippen molar-refractivity contribution in [2.75, 3.05) is 31.1 Å². The smallest absolute Gasteiger partial charge is 0.0399 e. The average molecular weight is 253 g/mol. The monoisotopic (exact) mass is 252 g/mol. The summed E-state index contributed by atoms with van der Waals surface area (Å²) in [7, 11) is 0. The van der Waals surface area contributed by atoms with E-state index in [0.29, 0.717) is 0 Å². The standard InChI is InChI=1S/C14H20N2.ClH/c1-2-6-14-13(5-1)7-9-16(14)11-12-4-3-8-15-10-12;/h1-2,5-6,12,15H,3-4,7-11H2;1H. The van der Waals surface area contributed by atoms with Crippen LogP contribution in [-0.4, -0.2) is 26.2 Å². The first-order valence-electron chi connectivity index (χ1n) is 6.47. The van der Waals surface area contributed by atoms with Crippen molar-refractivity contribution in [3.63, 3.8) is 0 Å². The zero-order chi connectivity index (χ0) is 10.8. The first-order chi connectivity index (χ1) is 7.93. The van der Waals surface area contributed by atoms with Crippen molar-refractivity contribution in [3.05, 3.63) is 29.8 Å². The molecular formula is C14H21ClN2. The van der Waals surface area contributed by atoms with Gasteiger partial charge < -0.3 is 10.2 Å². The Hall–Kier alpha value is -0.730. The molecule has 3 heteroatoms. The number of hydrogen-bond acceptors (Lipinski definition) is 2. The Morgan fingerprint density at radius 3 is 3.00 bits per heavy atom. The van der Waals surface area contributed by atoms with Crippen LogP contribution >= 0.6 is 12.4 Å². The molecule has 0 radical (unpaired) electrons. The summed E-state index contributed by atoms with van der Waals surface area (Å²) in [6.45, 7) is 4.88. The largest absolute Gasteiger partial charge is 0.371 e. The van der Waals surface area contributed by atoms with E-state index in [2.05, 4.69) is 34.5 Å². The molecule has 1 aromatic rings. The average Bonchev–Trinajstić information content (AvgIpc) is 2.74. The Morgan fingerprint density at radius 2 is 2.18 bits per heavy atom. The summed E-state index contributed by atoms with van der Waals surface area (Å²) in [6.07, 6.45) is 3.97. The summed E-state index contributed by atoms with van der Waals surface area (Å²) in [5.41, 5.74) is 3.01. The SMILES string of the molecule is Cl.c1ccc2c(c1)CCN2CC1CCCNC1. The molecule has 0 amide bonds. The zero-order valence-electron chi connectivity index (χ0n) is 10.2. The van der Waals surface area contributed by atoms with E-state index in [1.807, 2.05) is 0 Å². The highest BCUT2D eigenvalue weighted by Gasteiger charge is 2.22. The fourth-order valence-corrected chi connectivity index (χ4v) is 2.99. The van der Waals surface area contributed by atoms with E-state index in [1.54, 1.807) is 0 Å². The molecule has 3 rings (SSSR count). The number of nitrogens with one attached hydrogen (secondary N) is 1. The van der Waals surface area contributed by atoms with Gasteiger partial charge in [-0.3, -0.25) is 0 Å². The number of para-hydroxylation sites is 1. The number of nitrogens with zero attached hydrogens (tertiary/aromatic N) is 1. The van der Waals surface area contributed by atoms with Crippen molar-refractivity contribution in [2.24, 2.45) is 5.92 Å². The van der Waals surface area contributed by atoms with Crippen LogP contribution in [0.3, 0.4) is 0 Å². The van der Waals surface area contributed by atoms with Crippen LogP contribution in [0.5, 0.6) is 0 Å². The molecule has 2 nitrogen and oxygen atoms in total. The fourth-order valence-electron chi connectivity index (χ4n) is 2.99. The molecule has 1 fully saturated rings. The molecular weight excluding hydrogens is 232 g/mol. The number of rotatable bonds is 2. The van der Waals surface area contributed by atoms with Crippen molar-refractivity contribution in [2.45, 2.75) is 19.3 Å². The molecule has 2 heterocycles. The second-order valence-corrected chi connectivity index (χ2v) is 5.04. The number of anilines is 1. The van der Waals surface area contributed by atoms with Crippen molar-refractivity contribution in [3.8, 4) is 0 Å². The van der Waals surface area contributed by atoms with Crippen molar-refractivity contribution >= 4 is 18.1 Å². The van der Waals surface area contributed by atoms with Gasteiger partial charge >= 0.3 is 0 Å². The van der Waals surface area contributed by atoms with Crippen LogP contribution in [0, 0.1) is 5.92 Å². The van der Waals surface area contributed by atoms with Gasteiger partial charge in [-0.2, -0.15) is 0 Å². The first-order valence-corrected chi connectivity index (χ1v) is 6.47. The first kappa shape index (κ1) is 12.7. The predicted molar refractivity (Wildman–Crippen MR) is 75.2 cm³/mol. The van der Waals surface area contributed by atoms with Crippen LogP contribution in [-0.2, 0) is 6.42 Å². The summed E-state index contributed by atoms with van der Waals surface area (Å²) in [5.74, 6) is 0.847. The lowest BCUT2D eigenvalue weighted by atomic mass is 9.99. The van der Waals surface area contributed by atoms with Crippen molar-refractivity contribution in [1.82, 2.24) is 5.32 Å². The van der Waals surface area contributed by atoms with Crippen LogP contribution < -0.4 is 10.2 Å². The molecule has 1 atom stereocenters. The lowest BCUT2D eigenvalue weighted by Crippen LogP contribution is -2.37. The Morgan fingerprint density at radius 1 is 1.29 bits per heavy atom. The van der Waals surface area contributed by atoms with E-state index in [0.717, 1.165) is 5.92 Å². The molecule has 1 unspecified atom stereocenters. The van der Waals surface area contributed by atoms with Crippen LogP contribution in [0.15, 0.2) is 24.3 Å². The number of hydrogen-bond donors (Lipinski definition) is 1. The van der Waals surface area contributed by atoms with Gasteiger partial charge in [0.05, 0.1) is 0 Å². The predicted octanol–water partition coefficient (Wildman–Crippen LogP) is 2.47. The van der Waals surface area contributed by atoms with Gasteiger partial charge in [-0.05, 0) is 49.9 Å². The van der Waals surface area contributed by atoms with Gasteiger partial charge in [0.2, 0.25) is 0 Å². The molecule has 2 aliphatic heterocycles. The second kappa shape index (κ2) is 5.74. The minimum atomic E-state index is 0. The second-order valence-electron chi connectivity index (χ2n) is 5.04. The van der Waals surface area contributed by atoms with E-state index in [9.17, 15) is 0 Å². The van der Waals surface area contributed by atoms with Gasteiger partial charge in [-0.15, -0.1) is 12.4 Å².